The van der Waals surface area contributed by atoms with Crippen molar-refractivity contribution in [3.63, 3.8) is 0 Å². The van der Waals surface area contributed by atoms with Crippen molar-refractivity contribution < 1.29 is 14.3 Å². The molecule has 0 aromatic heterocycles. The molecule has 1 amide bonds. The topological polar surface area (TPSA) is 47.6 Å². The van der Waals surface area contributed by atoms with E-state index in [4.69, 9.17) is 4.74 Å². The lowest BCUT2D eigenvalue weighted by atomic mass is 10.1. The number of halogens is 1. The van der Waals surface area contributed by atoms with E-state index in [1.807, 2.05) is 18.2 Å². The average molecular weight is 288 g/mol. The quantitative estimate of drug-likeness (QED) is 0.925. The number of rotatable bonds is 4. The molecule has 0 saturated heterocycles. The van der Waals surface area contributed by atoms with Gasteiger partial charge < -0.3 is 14.8 Å². The summed E-state index contributed by atoms with van der Waals surface area (Å²) in [6.07, 6.45) is 0.338. The molecule has 0 aliphatic heterocycles. The van der Waals surface area contributed by atoms with Crippen LogP contribution in [0.25, 0.3) is 0 Å². The van der Waals surface area contributed by atoms with E-state index in [0.29, 0.717) is 6.54 Å². The summed E-state index contributed by atoms with van der Waals surface area (Å²) in [4.78, 5) is 10.8. The van der Waals surface area contributed by atoms with E-state index in [1.54, 1.807) is 7.11 Å². The summed E-state index contributed by atoms with van der Waals surface area (Å²) >= 11 is 3.40. The number of alkyl carbamates (subject to hydrolysis) is 1. The van der Waals surface area contributed by atoms with E-state index in [0.717, 1.165) is 22.2 Å². The minimum atomic E-state index is -0.410. The van der Waals surface area contributed by atoms with Crippen molar-refractivity contribution in [2.45, 2.75) is 6.42 Å². The summed E-state index contributed by atoms with van der Waals surface area (Å²) in [6.45, 7) is 0.547. The van der Waals surface area contributed by atoms with Gasteiger partial charge in [0.25, 0.3) is 0 Å². The maximum absolute atomic E-state index is 10.8. The van der Waals surface area contributed by atoms with Crippen LogP contribution in [0.2, 0.25) is 0 Å². The predicted octanol–water partition coefficient (Wildman–Crippen LogP) is 2.36. The molecule has 0 atom stereocenters. The van der Waals surface area contributed by atoms with Crippen molar-refractivity contribution >= 4 is 22.0 Å². The highest BCUT2D eigenvalue weighted by atomic mass is 79.9. The third-order valence-electron chi connectivity index (χ3n) is 2.08. The van der Waals surface area contributed by atoms with Gasteiger partial charge in [0.05, 0.1) is 18.7 Å². The van der Waals surface area contributed by atoms with Crippen LogP contribution < -0.4 is 10.1 Å². The first-order valence-electron chi connectivity index (χ1n) is 4.81. The molecule has 88 valence electrons. The fourth-order valence-corrected chi connectivity index (χ4v) is 1.83. The number of amides is 1. The molecule has 4 nitrogen and oxygen atoms in total. The highest BCUT2D eigenvalue weighted by Crippen LogP contribution is 2.25. The zero-order valence-corrected chi connectivity index (χ0v) is 10.8. The van der Waals surface area contributed by atoms with E-state index < -0.39 is 6.09 Å². The van der Waals surface area contributed by atoms with Crippen molar-refractivity contribution in [1.29, 1.82) is 0 Å². The van der Waals surface area contributed by atoms with Crippen molar-refractivity contribution in [2.75, 3.05) is 20.8 Å². The zero-order valence-electron chi connectivity index (χ0n) is 9.25. The third-order valence-corrected chi connectivity index (χ3v) is 2.70. The van der Waals surface area contributed by atoms with Gasteiger partial charge in [-0.2, -0.15) is 0 Å². The number of carbonyl (C=O) groups excluding carboxylic acids is 1. The van der Waals surface area contributed by atoms with E-state index in [-0.39, 0.29) is 0 Å². The Labute approximate surface area is 103 Å². The molecule has 5 heteroatoms. The number of hydrogen-bond donors (Lipinski definition) is 1. The molecule has 0 heterocycles. The lowest BCUT2D eigenvalue weighted by Crippen LogP contribution is -2.25. The number of methoxy groups -OCH3 is 2. The molecule has 0 aliphatic rings. The first-order valence-corrected chi connectivity index (χ1v) is 5.61. The van der Waals surface area contributed by atoms with Gasteiger partial charge in [-0.05, 0) is 40.0 Å². The van der Waals surface area contributed by atoms with Crippen LogP contribution in [0.1, 0.15) is 5.56 Å². The maximum atomic E-state index is 10.8. The highest BCUT2D eigenvalue weighted by molar-refractivity contribution is 9.10. The molecule has 0 aliphatic carbocycles. The Kier molecular flexibility index (Phi) is 5.11. The molecule has 0 spiro atoms. The van der Waals surface area contributed by atoms with Crippen LogP contribution in [0.4, 0.5) is 4.79 Å². The van der Waals surface area contributed by atoms with E-state index in [1.165, 1.54) is 7.11 Å². The molecular weight excluding hydrogens is 274 g/mol. The monoisotopic (exact) mass is 287 g/mol. The minimum Gasteiger partial charge on any atom is -0.496 e. The van der Waals surface area contributed by atoms with Crippen LogP contribution in [0.15, 0.2) is 22.7 Å². The molecule has 1 aromatic rings. The molecule has 1 rings (SSSR count). The van der Waals surface area contributed by atoms with Crippen LogP contribution in [0.3, 0.4) is 0 Å². The lowest BCUT2D eigenvalue weighted by Gasteiger charge is -2.07. The number of benzene rings is 1. The average Bonchev–Trinajstić information content (AvgIpc) is 2.29. The van der Waals surface area contributed by atoms with Gasteiger partial charge in [-0.15, -0.1) is 0 Å². The normalized spacial score (nSPS) is 9.69. The van der Waals surface area contributed by atoms with E-state index >= 15 is 0 Å². The van der Waals surface area contributed by atoms with Gasteiger partial charge in [-0.3, -0.25) is 0 Å². The lowest BCUT2D eigenvalue weighted by molar-refractivity contribution is 0.171. The first kappa shape index (κ1) is 12.8. The second-order valence-electron chi connectivity index (χ2n) is 3.14. The number of carbonyl (C=O) groups is 1. The largest absolute Gasteiger partial charge is 0.496 e. The Morgan fingerprint density at radius 1 is 1.44 bits per heavy atom. The second-order valence-corrected chi connectivity index (χ2v) is 3.99. The number of hydrogen-bond acceptors (Lipinski definition) is 3. The molecule has 0 fully saturated rings. The van der Waals surface area contributed by atoms with Crippen molar-refractivity contribution in [3.05, 3.63) is 28.2 Å². The van der Waals surface area contributed by atoms with Crippen LogP contribution >= 0.6 is 15.9 Å². The molecular formula is C11H14BrNO3. The van der Waals surface area contributed by atoms with Crippen LogP contribution in [0, 0.1) is 0 Å². The molecule has 1 aromatic carbocycles. The standard InChI is InChI=1S/C11H14BrNO3/c1-15-10-4-3-8(7-9(10)12)5-6-13-11(14)16-2/h3-4,7H,5-6H2,1-2H3,(H,13,14). The predicted molar refractivity (Wildman–Crippen MR) is 64.8 cm³/mol. The van der Waals surface area contributed by atoms with Crippen LogP contribution in [0.5, 0.6) is 5.75 Å². The SMILES string of the molecule is COC(=O)NCCc1ccc(OC)c(Br)c1. The number of nitrogens with one attached hydrogen (secondary N) is 1. The Morgan fingerprint density at radius 3 is 2.75 bits per heavy atom. The zero-order chi connectivity index (χ0) is 12.0. The summed E-state index contributed by atoms with van der Waals surface area (Å²) in [6, 6.07) is 5.82. The van der Waals surface area contributed by atoms with Crippen LogP contribution in [-0.4, -0.2) is 26.9 Å². The Bertz CT molecular complexity index is 368. The smallest absolute Gasteiger partial charge is 0.406 e. The van der Waals surface area contributed by atoms with Gasteiger partial charge in [0.15, 0.2) is 0 Å². The Hall–Kier alpha value is -1.23. The van der Waals surface area contributed by atoms with Crippen molar-refractivity contribution in [3.8, 4) is 5.75 Å². The first-order chi connectivity index (χ1) is 7.67. The molecule has 16 heavy (non-hydrogen) atoms. The summed E-state index contributed by atoms with van der Waals surface area (Å²) in [5.74, 6) is 0.796. The Balaban J connectivity index is 2.49. The van der Waals surface area contributed by atoms with Gasteiger partial charge in [-0.1, -0.05) is 6.07 Å². The fraction of sp³-hybridized carbons (Fsp3) is 0.364. The van der Waals surface area contributed by atoms with Crippen LogP contribution in [-0.2, 0) is 11.2 Å². The summed E-state index contributed by atoms with van der Waals surface area (Å²) in [7, 11) is 2.97. The summed E-state index contributed by atoms with van der Waals surface area (Å²) in [5.41, 5.74) is 1.11. The van der Waals surface area contributed by atoms with Gasteiger partial charge >= 0.3 is 6.09 Å². The van der Waals surface area contributed by atoms with Gasteiger partial charge in [0.1, 0.15) is 5.75 Å². The molecule has 0 unspecified atom stereocenters. The Morgan fingerprint density at radius 2 is 2.19 bits per heavy atom. The fourth-order valence-electron chi connectivity index (χ4n) is 1.25. The van der Waals surface area contributed by atoms with Gasteiger partial charge in [0.2, 0.25) is 0 Å². The van der Waals surface area contributed by atoms with Gasteiger partial charge in [0, 0.05) is 6.54 Å². The molecule has 0 bridgehead atoms. The molecule has 0 saturated carbocycles. The highest BCUT2D eigenvalue weighted by Gasteiger charge is 2.02. The van der Waals surface area contributed by atoms with E-state index in [9.17, 15) is 4.79 Å². The minimum absolute atomic E-state index is 0.410. The van der Waals surface area contributed by atoms with Crippen molar-refractivity contribution in [2.24, 2.45) is 0 Å². The summed E-state index contributed by atoms with van der Waals surface area (Å²) in [5, 5.41) is 2.62. The summed E-state index contributed by atoms with van der Waals surface area (Å²) < 4.78 is 10.5. The van der Waals surface area contributed by atoms with Crippen molar-refractivity contribution in [1.82, 2.24) is 5.32 Å². The number of ether oxygens (including phenoxy) is 2. The molecule has 1 N–H and O–H groups in total. The van der Waals surface area contributed by atoms with Gasteiger partial charge in [-0.25, -0.2) is 4.79 Å². The molecule has 0 radical (unpaired) electrons. The van der Waals surface area contributed by atoms with E-state index in [2.05, 4.69) is 26.0 Å². The maximum Gasteiger partial charge on any atom is 0.406 e. The second kappa shape index (κ2) is 6.37. The third kappa shape index (κ3) is 3.73.